The summed E-state index contributed by atoms with van der Waals surface area (Å²) in [4.78, 5) is 33.3. The number of nitrogens with one attached hydrogen (secondary N) is 1. The highest BCUT2D eigenvalue weighted by atomic mass is 35.5. The van der Waals surface area contributed by atoms with Crippen molar-refractivity contribution in [1.29, 1.82) is 0 Å². The SMILES string of the molecule is O=C(O)[C@@H]1C2CCC(CC2)[C@H]1n1cnc2cnc(-c3c[nH]c4ncc(Cl)cc34)nc21. The van der Waals surface area contributed by atoms with Gasteiger partial charge in [-0.3, -0.25) is 4.79 Å². The van der Waals surface area contributed by atoms with E-state index in [0.717, 1.165) is 36.6 Å². The van der Waals surface area contributed by atoms with Crippen molar-refractivity contribution in [1.82, 2.24) is 29.5 Å². The van der Waals surface area contributed by atoms with Gasteiger partial charge >= 0.3 is 5.97 Å². The monoisotopic (exact) mass is 422 g/mol. The Bertz CT molecular complexity index is 1290. The van der Waals surface area contributed by atoms with Crippen LogP contribution in [0.15, 0.2) is 31.0 Å². The highest BCUT2D eigenvalue weighted by Crippen LogP contribution is 2.51. The van der Waals surface area contributed by atoms with Crippen LogP contribution in [-0.2, 0) is 4.79 Å². The summed E-state index contributed by atoms with van der Waals surface area (Å²) >= 11 is 6.13. The summed E-state index contributed by atoms with van der Waals surface area (Å²) in [5.41, 5.74) is 2.85. The van der Waals surface area contributed by atoms with E-state index in [-0.39, 0.29) is 12.0 Å². The number of halogens is 1. The summed E-state index contributed by atoms with van der Waals surface area (Å²) < 4.78 is 1.98. The van der Waals surface area contributed by atoms with E-state index in [0.29, 0.717) is 33.6 Å². The molecule has 4 heterocycles. The zero-order valence-corrected chi connectivity index (χ0v) is 16.8. The Balaban J connectivity index is 1.50. The van der Waals surface area contributed by atoms with Gasteiger partial charge in [0.15, 0.2) is 11.5 Å². The molecule has 3 saturated carbocycles. The van der Waals surface area contributed by atoms with Crippen molar-refractivity contribution >= 4 is 39.8 Å². The second-order valence-electron chi connectivity index (χ2n) is 8.34. The number of imidazole rings is 1. The van der Waals surface area contributed by atoms with Crippen LogP contribution in [0.25, 0.3) is 33.6 Å². The summed E-state index contributed by atoms with van der Waals surface area (Å²) in [6.07, 6.45) is 10.9. The van der Waals surface area contributed by atoms with Crippen LogP contribution in [0.2, 0.25) is 5.02 Å². The lowest BCUT2D eigenvalue weighted by Gasteiger charge is -2.47. The number of hydrogen-bond acceptors (Lipinski definition) is 5. The minimum absolute atomic E-state index is 0.123. The molecule has 0 radical (unpaired) electrons. The molecule has 0 spiro atoms. The molecule has 0 amide bonds. The van der Waals surface area contributed by atoms with Gasteiger partial charge in [0.05, 0.1) is 29.5 Å². The number of fused-ring (bicyclic) bond motifs is 5. The molecule has 0 unspecified atom stereocenters. The van der Waals surface area contributed by atoms with Crippen LogP contribution in [0.4, 0.5) is 0 Å². The highest BCUT2D eigenvalue weighted by Gasteiger charge is 2.48. The fourth-order valence-corrected chi connectivity index (χ4v) is 5.66. The topological polar surface area (TPSA) is 110 Å². The van der Waals surface area contributed by atoms with Crippen molar-refractivity contribution in [3.05, 3.63) is 36.0 Å². The van der Waals surface area contributed by atoms with Gasteiger partial charge in [-0.2, -0.15) is 0 Å². The lowest BCUT2D eigenvalue weighted by molar-refractivity contribution is -0.151. The van der Waals surface area contributed by atoms with Gasteiger partial charge in [-0.25, -0.2) is 19.9 Å². The Labute approximate surface area is 176 Å². The average Bonchev–Trinajstić information content (AvgIpc) is 3.37. The second kappa shape index (κ2) is 6.50. The van der Waals surface area contributed by atoms with Crippen molar-refractivity contribution in [2.24, 2.45) is 17.8 Å². The number of carboxylic acid groups (broad SMARTS) is 1. The van der Waals surface area contributed by atoms with E-state index in [1.165, 1.54) is 0 Å². The van der Waals surface area contributed by atoms with Crippen LogP contribution in [0, 0.1) is 17.8 Å². The summed E-state index contributed by atoms with van der Waals surface area (Å²) in [5, 5.41) is 11.3. The molecule has 3 aliphatic rings. The Kier molecular flexibility index (Phi) is 3.86. The van der Waals surface area contributed by atoms with Gasteiger partial charge in [-0.1, -0.05) is 11.6 Å². The molecule has 3 fully saturated rings. The smallest absolute Gasteiger partial charge is 0.308 e. The normalized spacial score (nSPS) is 25.9. The first kappa shape index (κ1) is 17.8. The zero-order chi connectivity index (χ0) is 20.4. The van der Waals surface area contributed by atoms with Crippen LogP contribution >= 0.6 is 11.6 Å². The van der Waals surface area contributed by atoms with Gasteiger partial charge in [0.25, 0.3) is 0 Å². The third-order valence-electron chi connectivity index (χ3n) is 6.84. The number of H-pyrrole nitrogens is 1. The number of hydrogen-bond donors (Lipinski definition) is 2. The number of aliphatic carboxylic acids is 1. The standard InChI is InChI=1S/C21H19ClN6O2/c22-12-5-13-14(7-24-18(13)23-6-12)19-25-8-15-20(27-19)28(9-26-15)17-11-3-1-10(2-4-11)16(17)21(29)30/h5-11,16-17H,1-4H2,(H,23,24)(H,29,30)/t10?,11?,16-,17-/m1/s1. The summed E-state index contributed by atoms with van der Waals surface area (Å²) in [5.74, 6) is -0.0270. The fourth-order valence-electron chi connectivity index (χ4n) is 5.50. The van der Waals surface area contributed by atoms with E-state index in [2.05, 4.69) is 19.9 Å². The number of rotatable bonds is 3. The highest BCUT2D eigenvalue weighted by molar-refractivity contribution is 6.31. The molecule has 2 atom stereocenters. The Morgan fingerprint density at radius 1 is 1.13 bits per heavy atom. The quantitative estimate of drug-likeness (QED) is 0.514. The minimum atomic E-state index is -0.720. The number of carboxylic acids is 1. The number of nitrogens with zero attached hydrogens (tertiary/aromatic N) is 5. The fraction of sp³-hybridized carbons (Fsp3) is 0.381. The molecule has 0 aromatic carbocycles. The molecule has 2 N–H and O–H groups in total. The Morgan fingerprint density at radius 3 is 2.73 bits per heavy atom. The van der Waals surface area contributed by atoms with Gasteiger partial charge in [0.2, 0.25) is 0 Å². The van der Waals surface area contributed by atoms with E-state index in [4.69, 9.17) is 16.6 Å². The summed E-state index contributed by atoms with van der Waals surface area (Å²) in [7, 11) is 0. The molecule has 4 aromatic rings. The first-order chi connectivity index (χ1) is 14.6. The van der Waals surface area contributed by atoms with E-state index in [1.807, 2.05) is 16.8 Å². The van der Waals surface area contributed by atoms with Crippen molar-refractivity contribution < 1.29 is 9.90 Å². The molecule has 8 nitrogen and oxygen atoms in total. The average molecular weight is 423 g/mol. The molecule has 3 aliphatic carbocycles. The molecule has 0 aliphatic heterocycles. The van der Waals surface area contributed by atoms with Gasteiger partial charge in [0.1, 0.15) is 11.2 Å². The molecule has 9 heteroatoms. The molecule has 0 saturated heterocycles. The maximum Gasteiger partial charge on any atom is 0.308 e. The second-order valence-corrected chi connectivity index (χ2v) is 8.77. The van der Waals surface area contributed by atoms with E-state index in [1.54, 1.807) is 18.7 Å². The van der Waals surface area contributed by atoms with E-state index in [9.17, 15) is 9.90 Å². The maximum absolute atomic E-state index is 12.1. The van der Waals surface area contributed by atoms with Gasteiger partial charge in [-0.05, 0) is 43.6 Å². The number of carbonyl (C=O) groups is 1. The Hall–Kier alpha value is -3.00. The predicted octanol–water partition coefficient (Wildman–Crippen LogP) is 4.08. The predicted molar refractivity (Wildman–Crippen MR) is 111 cm³/mol. The largest absolute Gasteiger partial charge is 0.481 e. The van der Waals surface area contributed by atoms with E-state index >= 15 is 0 Å². The molecule has 30 heavy (non-hydrogen) atoms. The van der Waals surface area contributed by atoms with Crippen LogP contribution in [-0.4, -0.2) is 40.6 Å². The summed E-state index contributed by atoms with van der Waals surface area (Å²) in [6, 6.07) is 1.71. The number of aromatic amines is 1. The van der Waals surface area contributed by atoms with Crippen LogP contribution in [0.3, 0.4) is 0 Å². The number of pyridine rings is 1. The maximum atomic E-state index is 12.1. The van der Waals surface area contributed by atoms with Crippen molar-refractivity contribution in [3.63, 3.8) is 0 Å². The summed E-state index contributed by atoms with van der Waals surface area (Å²) in [6.45, 7) is 0. The van der Waals surface area contributed by atoms with Crippen molar-refractivity contribution in [3.8, 4) is 11.4 Å². The van der Waals surface area contributed by atoms with Crippen molar-refractivity contribution in [2.75, 3.05) is 0 Å². The molecule has 2 bridgehead atoms. The van der Waals surface area contributed by atoms with Gasteiger partial charge in [-0.15, -0.1) is 0 Å². The van der Waals surface area contributed by atoms with Crippen LogP contribution in [0.1, 0.15) is 31.7 Å². The molecule has 4 aromatic heterocycles. The first-order valence-electron chi connectivity index (χ1n) is 10.2. The lowest BCUT2D eigenvalue weighted by atomic mass is 9.61. The lowest BCUT2D eigenvalue weighted by Crippen LogP contribution is -2.44. The minimum Gasteiger partial charge on any atom is -0.481 e. The van der Waals surface area contributed by atoms with Gasteiger partial charge < -0.3 is 14.7 Å². The molecular formula is C21H19ClN6O2. The van der Waals surface area contributed by atoms with Crippen LogP contribution in [0.5, 0.6) is 0 Å². The van der Waals surface area contributed by atoms with Crippen LogP contribution < -0.4 is 0 Å². The Morgan fingerprint density at radius 2 is 1.93 bits per heavy atom. The molecule has 7 rings (SSSR count). The zero-order valence-electron chi connectivity index (χ0n) is 16.0. The van der Waals surface area contributed by atoms with Crippen molar-refractivity contribution in [2.45, 2.75) is 31.7 Å². The molecular weight excluding hydrogens is 404 g/mol. The first-order valence-corrected chi connectivity index (χ1v) is 10.5. The van der Waals surface area contributed by atoms with E-state index < -0.39 is 11.9 Å². The third kappa shape index (κ3) is 2.56. The third-order valence-corrected chi connectivity index (χ3v) is 7.04. The number of aromatic nitrogens is 6. The van der Waals surface area contributed by atoms with Gasteiger partial charge in [0, 0.05) is 23.3 Å². The molecule has 152 valence electrons.